The van der Waals surface area contributed by atoms with Gasteiger partial charge in [-0.2, -0.15) is 0 Å². The minimum atomic E-state index is -0.249. The lowest BCUT2D eigenvalue weighted by Gasteiger charge is -2.09. The molecular formula is C22H23BrN2O3S. The van der Waals surface area contributed by atoms with Crippen LogP contribution in [0.1, 0.15) is 25.8 Å². The minimum absolute atomic E-state index is 0.0809. The Hall–Kier alpha value is -2.38. The molecule has 0 bridgehead atoms. The predicted molar refractivity (Wildman–Crippen MR) is 121 cm³/mol. The third kappa shape index (κ3) is 6.05. The molecule has 0 aliphatic carbocycles. The number of nitrogens with zero attached hydrogens (tertiary/aromatic N) is 1. The predicted octanol–water partition coefficient (Wildman–Crippen LogP) is 5.94. The van der Waals surface area contributed by atoms with E-state index < -0.39 is 0 Å². The fourth-order valence-electron chi connectivity index (χ4n) is 2.59. The maximum absolute atomic E-state index is 12.2. The molecule has 152 valence electrons. The van der Waals surface area contributed by atoms with Crippen LogP contribution in [0.15, 0.2) is 52.3 Å². The third-order valence-corrected chi connectivity index (χ3v) is 5.51. The van der Waals surface area contributed by atoms with Crippen LogP contribution in [0, 0.1) is 0 Å². The van der Waals surface area contributed by atoms with Crippen molar-refractivity contribution in [3.8, 4) is 22.8 Å². The summed E-state index contributed by atoms with van der Waals surface area (Å²) in [6.07, 6.45) is 1.92. The van der Waals surface area contributed by atoms with Gasteiger partial charge in [0.2, 0.25) is 0 Å². The van der Waals surface area contributed by atoms with Gasteiger partial charge >= 0.3 is 0 Å². The van der Waals surface area contributed by atoms with E-state index in [1.54, 1.807) is 0 Å². The van der Waals surface area contributed by atoms with Crippen LogP contribution in [-0.4, -0.2) is 24.1 Å². The number of aromatic nitrogens is 1. The Bertz CT molecular complexity index is 957. The van der Waals surface area contributed by atoms with Gasteiger partial charge in [-0.05, 0) is 70.7 Å². The Labute approximate surface area is 183 Å². The summed E-state index contributed by atoms with van der Waals surface area (Å²) in [7, 11) is 0. The summed E-state index contributed by atoms with van der Waals surface area (Å²) in [6.45, 7) is 4.79. The van der Waals surface area contributed by atoms with Gasteiger partial charge in [0, 0.05) is 10.9 Å². The average Bonchev–Trinajstić information content (AvgIpc) is 3.20. The Morgan fingerprint density at radius 1 is 1.14 bits per heavy atom. The smallest absolute Gasteiger partial charge is 0.264 e. The van der Waals surface area contributed by atoms with Crippen molar-refractivity contribution in [2.24, 2.45) is 0 Å². The Morgan fingerprint density at radius 3 is 2.62 bits per heavy atom. The molecule has 0 saturated carbocycles. The molecule has 5 nitrogen and oxygen atoms in total. The minimum Gasteiger partial charge on any atom is -0.494 e. The van der Waals surface area contributed by atoms with Crippen molar-refractivity contribution in [2.75, 3.05) is 18.5 Å². The van der Waals surface area contributed by atoms with Crippen molar-refractivity contribution in [1.29, 1.82) is 0 Å². The highest BCUT2D eigenvalue weighted by molar-refractivity contribution is 9.10. The second-order valence-corrected chi connectivity index (χ2v) is 8.08. The van der Waals surface area contributed by atoms with E-state index in [1.807, 2.05) is 47.8 Å². The molecule has 1 N–H and O–H groups in total. The van der Waals surface area contributed by atoms with Crippen molar-refractivity contribution in [3.63, 3.8) is 0 Å². The molecule has 1 aromatic heterocycles. The van der Waals surface area contributed by atoms with Gasteiger partial charge in [-0.1, -0.05) is 19.9 Å². The normalized spacial score (nSPS) is 10.6. The first-order valence-electron chi connectivity index (χ1n) is 9.49. The van der Waals surface area contributed by atoms with Gasteiger partial charge in [-0.15, -0.1) is 11.3 Å². The summed E-state index contributed by atoms with van der Waals surface area (Å²) in [5.74, 6) is 1.23. The summed E-state index contributed by atoms with van der Waals surface area (Å²) >= 11 is 4.86. The zero-order valence-corrected chi connectivity index (χ0v) is 18.8. The number of ether oxygens (including phenoxy) is 2. The number of amides is 1. The molecule has 0 atom stereocenters. The molecule has 3 rings (SSSR count). The zero-order chi connectivity index (χ0) is 20.6. The van der Waals surface area contributed by atoms with Crippen LogP contribution < -0.4 is 14.8 Å². The second kappa shape index (κ2) is 10.4. The van der Waals surface area contributed by atoms with E-state index in [0.29, 0.717) is 17.5 Å². The van der Waals surface area contributed by atoms with Crippen LogP contribution >= 0.6 is 27.3 Å². The second-order valence-electron chi connectivity index (χ2n) is 6.37. The molecule has 1 heterocycles. The van der Waals surface area contributed by atoms with Gasteiger partial charge in [-0.3, -0.25) is 10.1 Å². The fraction of sp³-hybridized carbons (Fsp3) is 0.273. The van der Waals surface area contributed by atoms with Crippen LogP contribution in [0.5, 0.6) is 11.5 Å². The van der Waals surface area contributed by atoms with Gasteiger partial charge < -0.3 is 9.47 Å². The monoisotopic (exact) mass is 474 g/mol. The van der Waals surface area contributed by atoms with E-state index in [0.717, 1.165) is 34.3 Å². The summed E-state index contributed by atoms with van der Waals surface area (Å²) in [5, 5.41) is 5.24. The van der Waals surface area contributed by atoms with E-state index in [2.05, 4.69) is 40.1 Å². The van der Waals surface area contributed by atoms with Crippen LogP contribution in [0.2, 0.25) is 0 Å². The van der Waals surface area contributed by atoms with E-state index in [9.17, 15) is 4.79 Å². The Balaban J connectivity index is 1.55. The van der Waals surface area contributed by atoms with Crippen LogP contribution in [0.3, 0.4) is 0 Å². The van der Waals surface area contributed by atoms with Crippen molar-refractivity contribution in [1.82, 2.24) is 4.98 Å². The highest BCUT2D eigenvalue weighted by Gasteiger charge is 2.10. The summed E-state index contributed by atoms with van der Waals surface area (Å²) in [6, 6.07) is 13.6. The molecule has 3 aromatic rings. The fourth-order valence-corrected chi connectivity index (χ4v) is 3.86. The number of aryl methyl sites for hydroxylation is 1. The van der Waals surface area contributed by atoms with E-state index in [-0.39, 0.29) is 12.5 Å². The van der Waals surface area contributed by atoms with Gasteiger partial charge in [-0.25, -0.2) is 4.98 Å². The SMILES string of the molecule is CCCOc1ccc(-c2csc(NC(=O)COc3ccc(CC)cc3Br)n2)cc1. The number of hydrogen-bond acceptors (Lipinski definition) is 5. The molecule has 0 unspecified atom stereocenters. The standard InChI is InChI=1S/C22H23BrN2O3S/c1-3-11-27-17-8-6-16(7-9-17)19-14-29-22(24-19)25-21(26)13-28-20-10-5-15(4-2)12-18(20)23/h5-10,12,14H,3-4,11,13H2,1-2H3,(H,24,25,26). The Morgan fingerprint density at radius 2 is 1.93 bits per heavy atom. The summed E-state index contributed by atoms with van der Waals surface area (Å²) < 4.78 is 12.0. The highest BCUT2D eigenvalue weighted by Crippen LogP contribution is 2.28. The first kappa shape index (κ1) is 21.3. The molecule has 0 fully saturated rings. The maximum Gasteiger partial charge on any atom is 0.264 e. The third-order valence-electron chi connectivity index (χ3n) is 4.14. The number of nitrogens with one attached hydrogen (secondary N) is 1. The lowest BCUT2D eigenvalue weighted by Crippen LogP contribution is -2.20. The van der Waals surface area contributed by atoms with Crippen molar-refractivity contribution >= 4 is 38.3 Å². The van der Waals surface area contributed by atoms with E-state index in [4.69, 9.17) is 9.47 Å². The van der Waals surface area contributed by atoms with Gasteiger partial charge in [0.25, 0.3) is 5.91 Å². The van der Waals surface area contributed by atoms with E-state index >= 15 is 0 Å². The molecule has 0 saturated heterocycles. The van der Waals surface area contributed by atoms with E-state index in [1.165, 1.54) is 16.9 Å². The first-order valence-corrected chi connectivity index (χ1v) is 11.2. The van der Waals surface area contributed by atoms with Crippen LogP contribution in [-0.2, 0) is 11.2 Å². The number of rotatable bonds is 9. The summed E-state index contributed by atoms with van der Waals surface area (Å²) in [5.41, 5.74) is 2.99. The molecule has 0 radical (unpaired) electrons. The van der Waals surface area contributed by atoms with Crippen molar-refractivity contribution in [3.05, 3.63) is 57.9 Å². The maximum atomic E-state index is 12.2. The molecule has 0 aliphatic heterocycles. The van der Waals surface area contributed by atoms with Crippen LogP contribution in [0.4, 0.5) is 5.13 Å². The first-order chi connectivity index (χ1) is 14.1. The van der Waals surface area contributed by atoms with Crippen molar-refractivity contribution < 1.29 is 14.3 Å². The number of anilines is 1. The molecule has 2 aromatic carbocycles. The van der Waals surface area contributed by atoms with Gasteiger partial charge in [0.05, 0.1) is 16.8 Å². The number of thiazole rings is 1. The number of hydrogen-bond donors (Lipinski definition) is 1. The number of benzene rings is 2. The molecular weight excluding hydrogens is 452 g/mol. The molecule has 0 aliphatic rings. The van der Waals surface area contributed by atoms with Crippen molar-refractivity contribution in [2.45, 2.75) is 26.7 Å². The lowest BCUT2D eigenvalue weighted by molar-refractivity contribution is -0.118. The largest absolute Gasteiger partial charge is 0.494 e. The topological polar surface area (TPSA) is 60.5 Å². The van der Waals surface area contributed by atoms with Gasteiger partial charge in [0.15, 0.2) is 11.7 Å². The number of halogens is 1. The molecule has 1 amide bonds. The average molecular weight is 475 g/mol. The molecule has 29 heavy (non-hydrogen) atoms. The number of carbonyl (C=O) groups is 1. The number of carbonyl (C=O) groups excluding carboxylic acids is 1. The Kier molecular flexibility index (Phi) is 7.66. The lowest BCUT2D eigenvalue weighted by atomic mass is 10.2. The quantitative estimate of drug-likeness (QED) is 0.416. The molecule has 0 spiro atoms. The zero-order valence-electron chi connectivity index (χ0n) is 16.4. The van der Waals surface area contributed by atoms with Gasteiger partial charge in [0.1, 0.15) is 11.5 Å². The molecule has 7 heteroatoms. The summed E-state index contributed by atoms with van der Waals surface area (Å²) in [4.78, 5) is 16.7. The van der Waals surface area contributed by atoms with Crippen LogP contribution in [0.25, 0.3) is 11.3 Å². The highest BCUT2D eigenvalue weighted by atomic mass is 79.9.